The number of anilines is 1. The lowest BCUT2D eigenvalue weighted by molar-refractivity contribution is -0.923. The summed E-state index contributed by atoms with van der Waals surface area (Å²) in [6.07, 6.45) is 0. The van der Waals surface area contributed by atoms with Gasteiger partial charge in [0.1, 0.15) is 0 Å². The summed E-state index contributed by atoms with van der Waals surface area (Å²) in [5.74, 6) is 0. The Morgan fingerprint density at radius 1 is 0.880 bits per heavy atom. The number of quaternary nitrogens is 1. The van der Waals surface area contributed by atoms with Gasteiger partial charge >= 0.3 is 0 Å². The van der Waals surface area contributed by atoms with Crippen molar-refractivity contribution in [3.63, 3.8) is 0 Å². The third kappa shape index (κ3) is 3.10. The lowest BCUT2D eigenvalue weighted by Crippen LogP contribution is -3.14. The third-order valence-corrected chi connectivity index (χ3v) is 5.66. The lowest BCUT2D eigenvalue weighted by Gasteiger charge is -2.33. The molecule has 1 saturated heterocycles. The predicted octanol–water partition coefficient (Wildman–Crippen LogP) is 2.55. The molecular formula is C20H25N4S+. The molecule has 4 rings (SSSR count). The molecule has 0 saturated carbocycles. The zero-order chi connectivity index (χ0) is 17.2. The Balaban J connectivity index is 1.52. The Morgan fingerprint density at radius 2 is 1.48 bits per heavy atom. The highest BCUT2D eigenvalue weighted by atomic mass is 32.1. The first-order chi connectivity index (χ1) is 12.3. The SMILES string of the molecule is CCn1c(=S)n(C[NH+]2CCN(c3ccccc3)CC2)c2ccccc21. The molecule has 0 atom stereocenters. The van der Waals surface area contributed by atoms with Crippen molar-refractivity contribution in [1.29, 1.82) is 0 Å². The van der Waals surface area contributed by atoms with Crippen LogP contribution in [-0.2, 0) is 13.2 Å². The summed E-state index contributed by atoms with van der Waals surface area (Å²) in [6, 6.07) is 19.3. The second kappa shape index (κ2) is 7.02. The van der Waals surface area contributed by atoms with Crippen molar-refractivity contribution in [1.82, 2.24) is 9.13 Å². The number of rotatable bonds is 4. The van der Waals surface area contributed by atoms with Crippen molar-refractivity contribution in [3.05, 3.63) is 59.4 Å². The maximum absolute atomic E-state index is 5.76. The van der Waals surface area contributed by atoms with Crippen LogP contribution in [0.4, 0.5) is 5.69 Å². The molecule has 2 heterocycles. The highest BCUT2D eigenvalue weighted by Gasteiger charge is 2.21. The number of nitrogens with one attached hydrogen (secondary N) is 1. The average molecular weight is 354 g/mol. The molecule has 130 valence electrons. The smallest absolute Gasteiger partial charge is 0.185 e. The van der Waals surface area contributed by atoms with Crippen LogP contribution in [0.2, 0.25) is 0 Å². The fraction of sp³-hybridized carbons (Fsp3) is 0.350. The van der Waals surface area contributed by atoms with Crippen molar-refractivity contribution in [2.75, 3.05) is 31.1 Å². The number of hydrogen-bond donors (Lipinski definition) is 1. The fourth-order valence-electron chi connectivity index (χ4n) is 3.83. The van der Waals surface area contributed by atoms with Gasteiger partial charge in [0.15, 0.2) is 11.4 Å². The van der Waals surface area contributed by atoms with E-state index in [1.165, 1.54) is 16.7 Å². The molecule has 0 spiro atoms. The number of imidazole rings is 1. The number of aromatic nitrogens is 2. The molecule has 0 radical (unpaired) electrons. The van der Waals surface area contributed by atoms with Crippen LogP contribution in [0, 0.1) is 4.77 Å². The van der Waals surface area contributed by atoms with Crippen LogP contribution in [0.1, 0.15) is 6.92 Å². The van der Waals surface area contributed by atoms with Crippen molar-refractivity contribution in [2.45, 2.75) is 20.1 Å². The zero-order valence-corrected chi connectivity index (χ0v) is 15.5. The molecule has 0 unspecified atom stereocenters. The van der Waals surface area contributed by atoms with E-state index >= 15 is 0 Å². The van der Waals surface area contributed by atoms with Gasteiger partial charge in [-0.25, -0.2) is 0 Å². The number of piperazine rings is 1. The van der Waals surface area contributed by atoms with E-state index in [-0.39, 0.29) is 0 Å². The molecule has 0 amide bonds. The first-order valence-electron chi connectivity index (χ1n) is 9.09. The van der Waals surface area contributed by atoms with E-state index in [0.29, 0.717) is 0 Å². The number of para-hydroxylation sites is 3. The van der Waals surface area contributed by atoms with Gasteiger partial charge in [-0.05, 0) is 43.4 Å². The second-order valence-corrected chi connectivity index (χ2v) is 7.04. The minimum absolute atomic E-state index is 0.920. The van der Waals surface area contributed by atoms with Crippen molar-refractivity contribution in [2.24, 2.45) is 0 Å². The summed E-state index contributed by atoms with van der Waals surface area (Å²) in [4.78, 5) is 4.08. The predicted molar refractivity (Wildman–Crippen MR) is 106 cm³/mol. The molecule has 0 bridgehead atoms. The fourth-order valence-corrected chi connectivity index (χ4v) is 4.22. The molecule has 3 aromatic rings. The normalized spacial score (nSPS) is 15.8. The first kappa shape index (κ1) is 16.4. The minimum atomic E-state index is 0.920. The maximum Gasteiger partial charge on any atom is 0.185 e. The van der Waals surface area contributed by atoms with Gasteiger partial charge in [0.05, 0.1) is 37.2 Å². The molecule has 1 fully saturated rings. The lowest BCUT2D eigenvalue weighted by atomic mass is 10.2. The number of nitrogens with zero attached hydrogens (tertiary/aromatic N) is 3. The summed E-state index contributed by atoms with van der Waals surface area (Å²) in [5.41, 5.74) is 3.84. The van der Waals surface area contributed by atoms with E-state index in [9.17, 15) is 0 Å². The van der Waals surface area contributed by atoms with E-state index < -0.39 is 0 Å². The first-order valence-corrected chi connectivity index (χ1v) is 9.50. The van der Waals surface area contributed by atoms with Crippen LogP contribution in [0.3, 0.4) is 0 Å². The van der Waals surface area contributed by atoms with Crippen LogP contribution in [-0.4, -0.2) is 35.3 Å². The third-order valence-electron chi connectivity index (χ3n) is 5.21. The van der Waals surface area contributed by atoms with E-state index in [1.807, 2.05) is 0 Å². The largest absolute Gasteiger partial charge is 0.360 e. The van der Waals surface area contributed by atoms with Crippen LogP contribution < -0.4 is 9.80 Å². The van der Waals surface area contributed by atoms with E-state index in [2.05, 4.69) is 75.6 Å². The molecular weight excluding hydrogens is 328 g/mol. The summed E-state index contributed by atoms with van der Waals surface area (Å²) < 4.78 is 5.51. The maximum atomic E-state index is 5.76. The number of aryl methyl sites for hydroxylation is 1. The second-order valence-electron chi connectivity index (χ2n) is 6.67. The summed E-state index contributed by atoms with van der Waals surface area (Å²) in [5, 5.41) is 0. The Kier molecular flexibility index (Phi) is 4.59. The number of fused-ring (bicyclic) bond motifs is 1. The molecule has 1 aromatic heterocycles. The Morgan fingerprint density at radius 3 is 2.12 bits per heavy atom. The summed E-state index contributed by atoms with van der Waals surface area (Å²) in [6.45, 7) is 8.51. The average Bonchev–Trinajstić information content (AvgIpc) is 2.94. The molecule has 25 heavy (non-hydrogen) atoms. The van der Waals surface area contributed by atoms with E-state index in [0.717, 1.165) is 44.2 Å². The van der Waals surface area contributed by atoms with Crippen LogP contribution in [0.5, 0.6) is 0 Å². The van der Waals surface area contributed by atoms with Gasteiger partial charge in [0, 0.05) is 12.2 Å². The van der Waals surface area contributed by atoms with Gasteiger partial charge in [-0.15, -0.1) is 0 Å². The van der Waals surface area contributed by atoms with E-state index in [1.54, 1.807) is 4.90 Å². The van der Waals surface area contributed by atoms with Crippen LogP contribution >= 0.6 is 12.2 Å². The van der Waals surface area contributed by atoms with Gasteiger partial charge in [-0.1, -0.05) is 30.3 Å². The summed E-state index contributed by atoms with van der Waals surface area (Å²) >= 11 is 5.76. The van der Waals surface area contributed by atoms with Gasteiger partial charge in [0.2, 0.25) is 0 Å². The van der Waals surface area contributed by atoms with Crippen molar-refractivity contribution >= 4 is 28.9 Å². The molecule has 1 aliphatic rings. The van der Waals surface area contributed by atoms with E-state index in [4.69, 9.17) is 12.2 Å². The van der Waals surface area contributed by atoms with Gasteiger partial charge in [0.25, 0.3) is 0 Å². The Hall–Kier alpha value is -2.11. The summed E-state index contributed by atoms with van der Waals surface area (Å²) in [7, 11) is 0. The molecule has 0 aliphatic carbocycles. The molecule has 4 nitrogen and oxygen atoms in total. The highest BCUT2D eigenvalue weighted by molar-refractivity contribution is 7.71. The monoisotopic (exact) mass is 353 g/mol. The van der Waals surface area contributed by atoms with Gasteiger partial charge < -0.3 is 14.4 Å². The molecule has 2 aromatic carbocycles. The van der Waals surface area contributed by atoms with Crippen LogP contribution in [0.15, 0.2) is 54.6 Å². The topological polar surface area (TPSA) is 17.5 Å². The molecule has 1 N–H and O–H groups in total. The molecule has 5 heteroatoms. The quantitative estimate of drug-likeness (QED) is 0.727. The van der Waals surface area contributed by atoms with Crippen molar-refractivity contribution < 1.29 is 4.90 Å². The molecule has 1 aliphatic heterocycles. The van der Waals surface area contributed by atoms with Crippen molar-refractivity contribution in [3.8, 4) is 0 Å². The Labute approximate surface area is 153 Å². The van der Waals surface area contributed by atoms with Gasteiger partial charge in [-0.3, -0.25) is 4.57 Å². The minimum Gasteiger partial charge on any atom is -0.360 e. The zero-order valence-electron chi connectivity index (χ0n) is 14.7. The van der Waals surface area contributed by atoms with Crippen LogP contribution in [0.25, 0.3) is 11.0 Å². The Bertz CT molecular complexity index is 904. The highest BCUT2D eigenvalue weighted by Crippen LogP contribution is 2.17. The number of hydrogen-bond acceptors (Lipinski definition) is 2. The van der Waals surface area contributed by atoms with Gasteiger partial charge in [-0.2, -0.15) is 0 Å². The number of benzene rings is 2. The standard InChI is InChI=1S/C20H24N4S/c1-2-23-18-10-6-7-11-19(18)24(20(23)25)16-21-12-14-22(15-13-21)17-8-4-3-5-9-17/h3-11H,2,12-16H2,1H3/p+1.